The van der Waals surface area contributed by atoms with Crippen molar-refractivity contribution < 1.29 is 0 Å². The molecule has 0 saturated carbocycles. The van der Waals surface area contributed by atoms with E-state index < -0.39 is 0 Å². The molecule has 0 saturated heterocycles. The van der Waals surface area contributed by atoms with E-state index in [0.717, 1.165) is 6.54 Å². The van der Waals surface area contributed by atoms with Crippen LogP contribution in [-0.4, -0.2) is 21.6 Å². The maximum atomic E-state index is 4.42. The van der Waals surface area contributed by atoms with Crippen LogP contribution >= 0.6 is 0 Å². The molecule has 1 N–H and O–H groups in total. The molecule has 92 valence electrons. The van der Waals surface area contributed by atoms with E-state index in [4.69, 9.17) is 0 Å². The van der Waals surface area contributed by atoms with Crippen LogP contribution < -0.4 is 5.32 Å². The van der Waals surface area contributed by atoms with E-state index in [9.17, 15) is 0 Å². The van der Waals surface area contributed by atoms with Crippen LogP contribution in [0.1, 0.15) is 46.4 Å². The summed E-state index contributed by atoms with van der Waals surface area (Å²) in [5.41, 5.74) is 0.190. The zero-order valence-corrected chi connectivity index (χ0v) is 11.4. The normalized spacial score (nSPS) is 16.1. The number of hydrogen-bond acceptors (Lipinski definition) is 2. The molecule has 0 radical (unpaired) electrons. The van der Waals surface area contributed by atoms with Gasteiger partial charge in [-0.25, -0.2) is 4.98 Å². The summed E-state index contributed by atoms with van der Waals surface area (Å²) >= 11 is 0. The molecule has 2 atom stereocenters. The van der Waals surface area contributed by atoms with Crippen molar-refractivity contribution in [3.63, 3.8) is 0 Å². The van der Waals surface area contributed by atoms with Crippen LogP contribution in [0.5, 0.6) is 0 Å². The van der Waals surface area contributed by atoms with Gasteiger partial charge in [0.25, 0.3) is 0 Å². The topological polar surface area (TPSA) is 29.9 Å². The summed E-state index contributed by atoms with van der Waals surface area (Å²) in [4.78, 5) is 4.42. The molecule has 0 aliphatic rings. The Balaban J connectivity index is 2.55. The van der Waals surface area contributed by atoms with Crippen molar-refractivity contribution in [1.29, 1.82) is 0 Å². The van der Waals surface area contributed by atoms with E-state index in [2.05, 4.69) is 56.5 Å². The average Bonchev–Trinajstić information content (AvgIpc) is 2.58. The van der Waals surface area contributed by atoms with Crippen LogP contribution in [0.25, 0.3) is 0 Å². The quantitative estimate of drug-likeness (QED) is 0.850. The van der Waals surface area contributed by atoms with E-state index in [0.29, 0.717) is 11.8 Å². The summed E-state index contributed by atoms with van der Waals surface area (Å²) in [5.74, 6) is 2.23. The number of rotatable bonds is 4. The largest absolute Gasteiger partial charge is 0.338 e. The first-order chi connectivity index (χ1) is 7.31. The predicted octanol–water partition coefficient (Wildman–Crippen LogP) is 2.55. The zero-order chi connectivity index (χ0) is 12.3. The highest BCUT2D eigenvalue weighted by Crippen LogP contribution is 2.21. The minimum Gasteiger partial charge on any atom is -0.338 e. The highest BCUT2D eigenvalue weighted by atomic mass is 15.0. The summed E-state index contributed by atoms with van der Waals surface area (Å²) in [5, 5.41) is 3.55. The molecule has 2 unspecified atom stereocenters. The van der Waals surface area contributed by atoms with E-state index in [1.54, 1.807) is 0 Å². The van der Waals surface area contributed by atoms with Gasteiger partial charge in [0.1, 0.15) is 5.82 Å². The molecule has 0 bridgehead atoms. The molecule has 1 aromatic rings. The first-order valence-corrected chi connectivity index (χ1v) is 6.03. The lowest BCUT2D eigenvalue weighted by Gasteiger charge is -2.26. The maximum Gasteiger partial charge on any atom is 0.111 e. The van der Waals surface area contributed by atoms with Crippen molar-refractivity contribution in [2.45, 2.75) is 46.1 Å². The van der Waals surface area contributed by atoms with Crippen molar-refractivity contribution in [2.24, 2.45) is 13.0 Å². The molecule has 0 spiro atoms. The first kappa shape index (κ1) is 13.2. The van der Waals surface area contributed by atoms with Crippen molar-refractivity contribution in [2.75, 3.05) is 6.54 Å². The number of hydrogen-bond donors (Lipinski definition) is 1. The monoisotopic (exact) mass is 223 g/mol. The highest BCUT2D eigenvalue weighted by Gasteiger charge is 2.19. The Kier molecular flexibility index (Phi) is 4.14. The van der Waals surface area contributed by atoms with Gasteiger partial charge in [-0.1, -0.05) is 13.8 Å². The average molecular weight is 223 g/mol. The second kappa shape index (κ2) is 5.00. The summed E-state index contributed by atoms with van der Waals surface area (Å²) < 4.78 is 2.11. The van der Waals surface area contributed by atoms with Gasteiger partial charge in [0.15, 0.2) is 0 Å². The molecule has 0 aromatic carbocycles. The van der Waals surface area contributed by atoms with Crippen LogP contribution in [0.15, 0.2) is 12.4 Å². The molecular weight excluding hydrogens is 198 g/mol. The minimum absolute atomic E-state index is 0.190. The van der Waals surface area contributed by atoms with Gasteiger partial charge in [-0.05, 0) is 33.2 Å². The smallest absolute Gasteiger partial charge is 0.111 e. The van der Waals surface area contributed by atoms with Crippen molar-refractivity contribution >= 4 is 0 Å². The fourth-order valence-corrected chi connectivity index (χ4v) is 1.71. The van der Waals surface area contributed by atoms with Crippen molar-refractivity contribution in [1.82, 2.24) is 14.9 Å². The Morgan fingerprint density at radius 1 is 1.38 bits per heavy atom. The second-order valence-corrected chi connectivity index (χ2v) is 5.79. The van der Waals surface area contributed by atoms with E-state index in [1.165, 1.54) is 5.82 Å². The Bertz CT molecular complexity index is 322. The number of aromatic nitrogens is 2. The third-order valence-electron chi connectivity index (χ3n) is 3.07. The van der Waals surface area contributed by atoms with E-state index >= 15 is 0 Å². The third-order valence-corrected chi connectivity index (χ3v) is 3.07. The molecular formula is C13H25N3. The first-order valence-electron chi connectivity index (χ1n) is 6.03. The Hall–Kier alpha value is -0.830. The Morgan fingerprint density at radius 3 is 2.44 bits per heavy atom. The lowest BCUT2D eigenvalue weighted by atomic mass is 9.94. The van der Waals surface area contributed by atoms with Gasteiger partial charge < -0.3 is 9.88 Å². The number of nitrogens with zero attached hydrogens (tertiary/aromatic N) is 2. The number of nitrogens with one attached hydrogen (secondary N) is 1. The lowest BCUT2D eigenvalue weighted by Crippen LogP contribution is -2.39. The molecule has 0 aliphatic carbocycles. The van der Waals surface area contributed by atoms with Crippen LogP contribution in [0.3, 0.4) is 0 Å². The second-order valence-electron chi connectivity index (χ2n) is 5.79. The van der Waals surface area contributed by atoms with Crippen molar-refractivity contribution in [3.05, 3.63) is 18.2 Å². The number of imidazole rings is 1. The maximum absolute atomic E-state index is 4.42. The Labute approximate surface area is 99.3 Å². The summed E-state index contributed by atoms with van der Waals surface area (Å²) in [7, 11) is 2.06. The van der Waals surface area contributed by atoms with Crippen molar-refractivity contribution in [3.8, 4) is 0 Å². The molecule has 1 rings (SSSR count). The van der Waals surface area contributed by atoms with Gasteiger partial charge in [-0.2, -0.15) is 0 Å². The van der Waals surface area contributed by atoms with Crippen LogP contribution in [0, 0.1) is 5.92 Å². The number of aryl methyl sites for hydroxylation is 1. The lowest BCUT2D eigenvalue weighted by molar-refractivity contribution is 0.352. The molecule has 0 amide bonds. The fraction of sp³-hybridized carbons (Fsp3) is 0.769. The van der Waals surface area contributed by atoms with Crippen LogP contribution in [0.2, 0.25) is 0 Å². The predicted molar refractivity (Wildman–Crippen MR) is 68.5 cm³/mol. The molecule has 1 aromatic heterocycles. The molecule has 1 heterocycles. The molecule has 0 fully saturated rings. The summed E-state index contributed by atoms with van der Waals surface area (Å²) in [6, 6.07) is 0. The van der Waals surface area contributed by atoms with E-state index in [1.807, 2.05) is 12.4 Å². The van der Waals surface area contributed by atoms with Crippen LogP contribution in [0.4, 0.5) is 0 Å². The van der Waals surface area contributed by atoms with E-state index in [-0.39, 0.29) is 5.54 Å². The minimum atomic E-state index is 0.190. The SMILES string of the molecule is CC(CNC(C)(C)C)C(C)c1nccn1C. The van der Waals surface area contributed by atoms with Crippen LogP contribution in [-0.2, 0) is 7.05 Å². The van der Waals surface area contributed by atoms with Gasteiger partial charge in [0, 0.05) is 30.9 Å². The third kappa shape index (κ3) is 3.63. The Morgan fingerprint density at radius 2 is 2.00 bits per heavy atom. The fourth-order valence-electron chi connectivity index (χ4n) is 1.71. The molecule has 16 heavy (non-hydrogen) atoms. The van der Waals surface area contributed by atoms with Gasteiger partial charge >= 0.3 is 0 Å². The molecule has 0 aliphatic heterocycles. The molecule has 3 heteroatoms. The standard InChI is InChI=1S/C13H25N3/c1-10(9-15-13(3,4)5)11(2)12-14-7-8-16(12)6/h7-8,10-11,15H,9H2,1-6H3. The van der Waals surface area contributed by atoms with Gasteiger partial charge in [-0.15, -0.1) is 0 Å². The van der Waals surface area contributed by atoms with Gasteiger partial charge in [0.05, 0.1) is 0 Å². The van der Waals surface area contributed by atoms with Gasteiger partial charge in [-0.3, -0.25) is 0 Å². The summed E-state index contributed by atoms with van der Waals surface area (Å²) in [6.45, 7) is 12.1. The molecule has 3 nitrogen and oxygen atoms in total. The summed E-state index contributed by atoms with van der Waals surface area (Å²) in [6.07, 6.45) is 3.88. The zero-order valence-electron chi connectivity index (χ0n) is 11.4. The van der Waals surface area contributed by atoms with Gasteiger partial charge in [0.2, 0.25) is 0 Å². The highest BCUT2D eigenvalue weighted by molar-refractivity contribution is 5.00.